The molecule has 9 heteroatoms. The fourth-order valence-electron chi connectivity index (χ4n) is 3.52. The van der Waals surface area contributed by atoms with Crippen molar-refractivity contribution in [3.8, 4) is 11.1 Å². The number of hydrogen-bond acceptors (Lipinski definition) is 6. The molecule has 0 saturated heterocycles. The first-order chi connectivity index (χ1) is 16.3. The summed E-state index contributed by atoms with van der Waals surface area (Å²) < 4.78 is 30.2. The molecular formula is C26H28FN3O5. The molecule has 1 N–H and O–H groups in total. The van der Waals surface area contributed by atoms with Gasteiger partial charge in [0, 0.05) is 22.7 Å². The van der Waals surface area contributed by atoms with E-state index in [0.29, 0.717) is 16.6 Å². The van der Waals surface area contributed by atoms with Gasteiger partial charge in [-0.05, 0) is 77.4 Å². The Bertz CT molecular complexity index is 1380. The molecular weight excluding hydrogens is 453 g/mol. The number of aromatic nitrogens is 2. The normalized spacial score (nSPS) is 12.2. The minimum atomic E-state index is -0.860. The Hall–Kier alpha value is -3.88. The van der Waals surface area contributed by atoms with Gasteiger partial charge in [0.2, 0.25) is 5.89 Å². The SMILES string of the molecule is CC(C)(C)OC(=O)N(Cc1nc2ccc(-c3c[nH]c4cc(F)ccc34)cc2o1)C(=O)OC(C)(C)C. The Morgan fingerprint density at radius 3 is 2.29 bits per heavy atom. The lowest BCUT2D eigenvalue weighted by Crippen LogP contribution is -2.43. The van der Waals surface area contributed by atoms with E-state index >= 15 is 0 Å². The number of carbonyl (C=O) groups excluding carboxylic acids is 2. The van der Waals surface area contributed by atoms with E-state index in [-0.39, 0.29) is 18.3 Å². The molecule has 0 radical (unpaired) electrons. The van der Waals surface area contributed by atoms with Crippen LogP contribution in [0.5, 0.6) is 0 Å². The summed E-state index contributed by atoms with van der Waals surface area (Å²) in [5.74, 6) is -0.171. The molecule has 8 nitrogen and oxygen atoms in total. The largest absolute Gasteiger partial charge is 0.443 e. The summed E-state index contributed by atoms with van der Waals surface area (Å²) in [4.78, 5) is 33.9. The zero-order valence-corrected chi connectivity index (χ0v) is 20.6. The van der Waals surface area contributed by atoms with Crippen molar-refractivity contribution >= 4 is 34.2 Å². The number of hydrogen-bond donors (Lipinski definition) is 1. The number of benzene rings is 2. The highest BCUT2D eigenvalue weighted by atomic mass is 19.1. The van der Waals surface area contributed by atoms with Gasteiger partial charge < -0.3 is 18.9 Å². The number of amides is 2. The molecule has 0 spiro atoms. The number of rotatable bonds is 3. The number of aromatic amines is 1. The molecule has 0 saturated carbocycles. The quantitative estimate of drug-likeness (QED) is 0.346. The fraction of sp³-hybridized carbons (Fsp3) is 0.346. The second-order valence-corrected chi connectivity index (χ2v) is 10.2. The molecule has 0 aliphatic carbocycles. The van der Waals surface area contributed by atoms with Crippen molar-refractivity contribution in [2.45, 2.75) is 59.3 Å². The Morgan fingerprint density at radius 2 is 1.66 bits per heavy atom. The maximum Gasteiger partial charge on any atom is 0.420 e. The average Bonchev–Trinajstić information content (AvgIpc) is 3.31. The minimum Gasteiger partial charge on any atom is -0.443 e. The summed E-state index contributed by atoms with van der Waals surface area (Å²) in [6.07, 6.45) is 0.0800. The van der Waals surface area contributed by atoms with Crippen molar-refractivity contribution in [2.75, 3.05) is 0 Å². The van der Waals surface area contributed by atoms with E-state index < -0.39 is 23.4 Å². The predicted octanol–water partition coefficient (Wildman–Crippen LogP) is 6.79. The first-order valence-electron chi connectivity index (χ1n) is 11.2. The van der Waals surface area contributed by atoms with E-state index in [9.17, 15) is 14.0 Å². The molecule has 2 amide bonds. The van der Waals surface area contributed by atoms with Crippen LogP contribution in [0.15, 0.2) is 47.0 Å². The highest BCUT2D eigenvalue weighted by Gasteiger charge is 2.32. The van der Waals surface area contributed by atoms with Crippen molar-refractivity contribution < 1.29 is 27.9 Å². The highest BCUT2D eigenvalue weighted by Crippen LogP contribution is 2.31. The van der Waals surface area contributed by atoms with Crippen molar-refractivity contribution in [3.63, 3.8) is 0 Å². The molecule has 184 valence electrons. The molecule has 2 aromatic heterocycles. The van der Waals surface area contributed by atoms with Crippen LogP contribution < -0.4 is 0 Å². The monoisotopic (exact) mass is 481 g/mol. The first-order valence-corrected chi connectivity index (χ1v) is 11.2. The molecule has 0 atom stereocenters. The van der Waals surface area contributed by atoms with E-state index in [1.807, 2.05) is 12.1 Å². The molecule has 2 aromatic carbocycles. The second kappa shape index (κ2) is 8.72. The Morgan fingerprint density at radius 1 is 1.00 bits per heavy atom. The first kappa shape index (κ1) is 24.3. The zero-order chi connectivity index (χ0) is 25.5. The van der Waals surface area contributed by atoms with E-state index in [2.05, 4.69) is 9.97 Å². The van der Waals surface area contributed by atoms with Gasteiger partial charge in [0.15, 0.2) is 5.58 Å². The van der Waals surface area contributed by atoms with Gasteiger partial charge in [-0.3, -0.25) is 0 Å². The third-order valence-electron chi connectivity index (χ3n) is 4.91. The van der Waals surface area contributed by atoms with Gasteiger partial charge in [0.25, 0.3) is 0 Å². The van der Waals surface area contributed by atoms with Crippen LogP contribution in [0.3, 0.4) is 0 Å². The van der Waals surface area contributed by atoms with Gasteiger partial charge in [0.1, 0.15) is 29.1 Å². The van der Waals surface area contributed by atoms with Gasteiger partial charge in [-0.2, -0.15) is 0 Å². The second-order valence-electron chi connectivity index (χ2n) is 10.2. The van der Waals surface area contributed by atoms with E-state index in [1.165, 1.54) is 12.1 Å². The van der Waals surface area contributed by atoms with Gasteiger partial charge in [-0.1, -0.05) is 6.07 Å². The number of halogens is 1. The van der Waals surface area contributed by atoms with Crippen LogP contribution in [0.4, 0.5) is 14.0 Å². The maximum absolute atomic E-state index is 13.5. The van der Waals surface area contributed by atoms with Crippen LogP contribution in [-0.4, -0.2) is 38.3 Å². The van der Waals surface area contributed by atoms with Crippen LogP contribution >= 0.6 is 0 Å². The number of oxazole rings is 1. The zero-order valence-electron chi connectivity index (χ0n) is 20.6. The van der Waals surface area contributed by atoms with Crippen LogP contribution in [0.1, 0.15) is 47.4 Å². The maximum atomic E-state index is 13.5. The van der Waals surface area contributed by atoms with E-state index in [1.54, 1.807) is 59.9 Å². The van der Waals surface area contributed by atoms with E-state index in [4.69, 9.17) is 13.9 Å². The number of carbonyl (C=O) groups is 2. The van der Waals surface area contributed by atoms with Crippen molar-refractivity contribution in [1.82, 2.24) is 14.9 Å². The number of fused-ring (bicyclic) bond motifs is 2. The molecule has 0 bridgehead atoms. The van der Waals surface area contributed by atoms with Gasteiger partial charge >= 0.3 is 12.2 Å². The molecule has 0 fully saturated rings. The lowest BCUT2D eigenvalue weighted by atomic mass is 10.0. The predicted molar refractivity (Wildman–Crippen MR) is 129 cm³/mol. The van der Waals surface area contributed by atoms with Gasteiger partial charge in [0.05, 0.1) is 0 Å². The molecule has 2 heterocycles. The topological polar surface area (TPSA) is 97.7 Å². The highest BCUT2D eigenvalue weighted by molar-refractivity contribution is 5.97. The number of ether oxygens (including phenoxy) is 2. The smallest absolute Gasteiger partial charge is 0.420 e. The van der Waals surface area contributed by atoms with Crippen molar-refractivity contribution in [1.29, 1.82) is 0 Å². The standard InChI is InChI=1S/C26H28FN3O5/c1-25(2,3)34-23(31)30(24(32)35-26(4,5)6)14-22-29-19-10-7-15(11-21(19)33-22)18-13-28-20-12-16(27)8-9-17(18)20/h7-13,28H,14H2,1-6H3. The molecule has 35 heavy (non-hydrogen) atoms. The molecule has 0 unspecified atom stereocenters. The van der Waals surface area contributed by atoms with Crippen molar-refractivity contribution in [2.24, 2.45) is 0 Å². The molecule has 4 rings (SSSR count). The Balaban J connectivity index is 1.64. The molecule has 0 aliphatic rings. The molecule has 0 aliphatic heterocycles. The summed E-state index contributed by atoms with van der Waals surface area (Å²) in [5, 5.41) is 0.867. The van der Waals surface area contributed by atoms with Crippen molar-refractivity contribution in [3.05, 3.63) is 54.3 Å². The Kier molecular flexibility index (Phi) is 6.04. The average molecular weight is 482 g/mol. The number of H-pyrrole nitrogens is 1. The number of imide groups is 1. The summed E-state index contributed by atoms with van der Waals surface area (Å²) >= 11 is 0. The minimum absolute atomic E-state index is 0.148. The van der Waals surface area contributed by atoms with Crippen LogP contribution in [0.25, 0.3) is 33.1 Å². The summed E-state index contributed by atoms with van der Waals surface area (Å²) in [6, 6.07) is 10.0. The van der Waals surface area contributed by atoms with Crippen LogP contribution in [-0.2, 0) is 16.0 Å². The molecule has 4 aromatic rings. The van der Waals surface area contributed by atoms with Crippen LogP contribution in [0.2, 0.25) is 0 Å². The third kappa shape index (κ3) is 5.62. The third-order valence-corrected chi connectivity index (χ3v) is 4.91. The van der Waals surface area contributed by atoms with Gasteiger partial charge in [-0.15, -0.1) is 0 Å². The summed E-state index contributed by atoms with van der Waals surface area (Å²) in [6.45, 7) is 9.98. The van der Waals surface area contributed by atoms with Gasteiger partial charge in [-0.25, -0.2) is 23.9 Å². The number of nitrogens with one attached hydrogen (secondary N) is 1. The lowest BCUT2D eigenvalue weighted by molar-refractivity contribution is -0.00168. The summed E-state index contributed by atoms with van der Waals surface area (Å²) in [5.41, 5.74) is 1.82. The fourth-order valence-corrected chi connectivity index (χ4v) is 3.52. The summed E-state index contributed by atoms with van der Waals surface area (Å²) in [7, 11) is 0. The lowest BCUT2D eigenvalue weighted by Gasteiger charge is -2.27. The van der Waals surface area contributed by atoms with E-state index in [0.717, 1.165) is 21.4 Å². The number of nitrogens with zero attached hydrogens (tertiary/aromatic N) is 2. The van der Waals surface area contributed by atoms with Crippen LogP contribution in [0, 0.1) is 5.82 Å². The Labute approximate surface area is 202 Å².